The Labute approximate surface area is 201 Å². The number of fused-ring (bicyclic) bond motifs is 2. The molecule has 3 aromatic heterocycles. The topological polar surface area (TPSA) is 115 Å². The molecule has 0 spiro atoms. The first kappa shape index (κ1) is 22.1. The molecule has 9 nitrogen and oxygen atoms in total. The molecule has 0 aliphatic carbocycles. The summed E-state index contributed by atoms with van der Waals surface area (Å²) in [7, 11) is 2.96. The molecule has 0 aliphatic heterocycles. The maximum Gasteiger partial charge on any atom is 0.332 e. The number of H-pyrrole nitrogens is 1. The number of rotatable bonds is 5. The van der Waals surface area contributed by atoms with Crippen LogP contribution in [0.3, 0.4) is 0 Å². The van der Waals surface area contributed by atoms with Crippen molar-refractivity contribution in [2.45, 2.75) is 12.1 Å². The highest BCUT2D eigenvalue weighted by Gasteiger charge is 2.15. The fourth-order valence-electron chi connectivity index (χ4n) is 3.56. The van der Waals surface area contributed by atoms with E-state index in [2.05, 4.69) is 34.3 Å². The van der Waals surface area contributed by atoms with E-state index in [9.17, 15) is 14.4 Å². The molecule has 2 N–H and O–H groups in total. The van der Waals surface area contributed by atoms with Crippen LogP contribution in [-0.4, -0.2) is 35.7 Å². The molecule has 172 valence electrons. The van der Waals surface area contributed by atoms with Gasteiger partial charge in [-0.3, -0.25) is 18.7 Å². The third-order valence-corrected chi connectivity index (χ3v) is 7.31. The van der Waals surface area contributed by atoms with Crippen LogP contribution in [0.25, 0.3) is 32.0 Å². The number of hydrogen-bond acceptors (Lipinski definition) is 7. The Morgan fingerprint density at radius 1 is 1.09 bits per heavy atom. The molecule has 11 heteroatoms. The van der Waals surface area contributed by atoms with E-state index >= 15 is 0 Å². The molecule has 0 saturated carbocycles. The van der Waals surface area contributed by atoms with E-state index in [1.165, 1.54) is 17.2 Å². The van der Waals surface area contributed by atoms with Gasteiger partial charge in [0, 0.05) is 25.3 Å². The predicted molar refractivity (Wildman–Crippen MR) is 136 cm³/mol. The third kappa shape index (κ3) is 4.03. The minimum absolute atomic E-state index is 0.0903. The molecule has 0 bridgehead atoms. The first-order chi connectivity index (χ1) is 16.3. The monoisotopic (exact) mass is 492 g/mol. The van der Waals surface area contributed by atoms with Crippen molar-refractivity contribution in [2.24, 2.45) is 14.1 Å². The highest BCUT2D eigenvalue weighted by Crippen LogP contribution is 2.31. The minimum Gasteiger partial charge on any atom is -0.327 e. The molecule has 1 amide bonds. The normalized spacial score (nSPS) is 11.4. The summed E-state index contributed by atoms with van der Waals surface area (Å²) in [6, 6.07) is 13.8. The molecule has 34 heavy (non-hydrogen) atoms. The van der Waals surface area contributed by atoms with Crippen molar-refractivity contribution in [3.8, 4) is 10.6 Å². The van der Waals surface area contributed by atoms with Crippen LogP contribution in [0.1, 0.15) is 5.56 Å². The number of thiazole rings is 1. The van der Waals surface area contributed by atoms with E-state index in [0.717, 1.165) is 37.1 Å². The van der Waals surface area contributed by atoms with E-state index in [-0.39, 0.29) is 22.8 Å². The number of benzene rings is 2. The van der Waals surface area contributed by atoms with Gasteiger partial charge in [0.1, 0.15) is 5.01 Å². The summed E-state index contributed by atoms with van der Waals surface area (Å²) in [6.45, 7) is 2.06. The van der Waals surface area contributed by atoms with Crippen LogP contribution >= 0.6 is 23.1 Å². The molecule has 5 aromatic rings. The van der Waals surface area contributed by atoms with Crippen molar-refractivity contribution in [3.63, 3.8) is 0 Å². The third-order valence-electron chi connectivity index (χ3n) is 5.37. The van der Waals surface area contributed by atoms with Crippen molar-refractivity contribution in [1.82, 2.24) is 24.1 Å². The molecular formula is C23H20N6O3S2. The lowest BCUT2D eigenvalue weighted by Gasteiger charge is -2.05. The van der Waals surface area contributed by atoms with Gasteiger partial charge in [0.05, 0.1) is 16.0 Å². The van der Waals surface area contributed by atoms with Gasteiger partial charge >= 0.3 is 5.69 Å². The second kappa shape index (κ2) is 8.58. The van der Waals surface area contributed by atoms with Gasteiger partial charge in [0.15, 0.2) is 16.3 Å². The Morgan fingerprint density at radius 2 is 1.85 bits per heavy atom. The van der Waals surface area contributed by atoms with Crippen LogP contribution in [0.15, 0.2) is 57.2 Å². The molecule has 0 aliphatic rings. The van der Waals surface area contributed by atoms with Gasteiger partial charge in [-0.05, 0) is 48.9 Å². The fourth-order valence-corrected chi connectivity index (χ4v) is 5.29. The number of amides is 1. The zero-order valence-electron chi connectivity index (χ0n) is 18.6. The largest absolute Gasteiger partial charge is 0.332 e. The van der Waals surface area contributed by atoms with Gasteiger partial charge in [-0.1, -0.05) is 17.8 Å². The highest BCUT2D eigenvalue weighted by atomic mass is 32.2. The molecule has 3 heterocycles. The minimum atomic E-state index is -0.456. The molecule has 2 aromatic carbocycles. The highest BCUT2D eigenvalue weighted by molar-refractivity contribution is 7.99. The van der Waals surface area contributed by atoms with Crippen LogP contribution in [0.4, 0.5) is 5.69 Å². The van der Waals surface area contributed by atoms with Gasteiger partial charge in [-0.2, -0.15) is 0 Å². The summed E-state index contributed by atoms with van der Waals surface area (Å²) in [4.78, 5) is 48.7. The zero-order valence-corrected chi connectivity index (χ0v) is 20.2. The van der Waals surface area contributed by atoms with Crippen LogP contribution in [-0.2, 0) is 18.9 Å². The quantitative estimate of drug-likeness (QED) is 0.364. The predicted octanol–water partition coefficient (Wildman–Crippen LogP) is 3.28. The number of aryl methyl sites for hydroxylation is 2. The van der Waals surface area contributed by atoms with Crippen LogP contribution in [0.2, 0.25) is 0 Å². The van der Waals surface area contributed by atoms with Crippen LogP contribution in [0.5, 0.6) is 0 Å². The molecule has 0 radical (unpaired) electrons. The van der Waals surface area contributed by atoms with Gasteiger partial charge in [0.2, 0.25) is 5.91 Å². The van der Waals surface area contributed by atoms with E-state index in [4.69, 9.17) is 4.98 Å². The Kier molecular flexibility index (Phi) is 5.58. The van der Waals surface area contributed by atoms with Gasteiger partial charge in [-0.25, -0.2) is 14.8 Å². The maximum absolute atomic E-state index is 12.4. The standard InChI is InChI=1S/C23H20N6O3S2/c1-12-4-9-15-16(10-12)34-20(25-15)13-5-7-14(8-6-13)24-17(30)11-33-22-26-18-19(27-22)28(2)23(32)29(3)21(18)31/h4-10H,11H2,1-3H3,(H,24,30)(H,26,27). The van der Waals surface area contributed by atoms with Crippen molar-refractivity contribution in [3.05, 3.63) is 68.9 Å². The number of aromatic nitrogens is 5. The lowest BCUT2D eigenvalue weighted by Crippen LogP contribution is -2.36. The number of imidazole rings is 1. The molecule has 0 saturated heterocycles. The fraction of sp³-hybridized carbons (Fsp3) is 0.174. The Morgan fingerprint density at radius 3 is 2.62 bits per heavy atom. The SMILES string of the molecule is Cc1ccc2nc(-c3ccc(NC(=O)CSc4nc5c([nH]4)c(=O)n(C)c(=O)n5C)cc3)sc2c1. The lowest BCUT2D eigenvalue weighted by atomic mass is 10.2. The van der Waals surface area contributed by atoms with Crippen LogP contribution < -0.4 is 16.6 Å². The molecule has 0 unspecified atom stereocenters. The first-order valence-corrected chi connectivity index (χ1v) is 12.2. The Balaban J connectivity index is 1.26. The maximum atomic E-state index is 12.4. The summed E-state index contributed by atoms with van der Waals surface area (Å²) in [5.41, 5.74) is 3.42. The zero-order chi connectivity index (χ0) is 24.0. The molecular weight excluding hydrogens is 472 g/mol. The number of carbonyl (C=O) groups is 1. The summed E-state index contributed by atoms with van der Waals surface area (Å²) >= 11 is 2.79. The first-order valence-electron chi connectivity index (χ1n) is 10.4. The van der Waals surface area contributed by atoms with Crippen molar-refractivity contribution >= 4 is 56.1 Å². The van der Waals surface area contributed by atoms with Gasteiger partial charge < -0.3 is 10.3 Å². The number of aromatic amines is 1. The molecule has 5 rings (SSSR count). The summed E-state index contributed by atoms with van der Waals surface area (Å²) in [5, 5.41) is 4.18. The summed E-state index contributed by atoms with van der Waals surface area (Å²) in [6.07, 6.45) is 0. The average molecular weight is 493 g/mol. The lowest BCUT2D eigenvalue weighted by molar-refractivity contribution is -0.113. The van der Waals surface area contributed by atoms with E-state index in [1.54, 1.807) is 18.4 Å². The molecule has 0 fully saturated rings. The van der Waals surface area contributed by atoms with E-state index < -0.39 is 11.2 Å². The number of nitrogens with zero attached hydrogens (tertiary/aromatic N) is 4. The Hall–Kier alpha value is -3.70. The molecule has 0 atom stereocenters. The number of thioether (sulfide) groups is 1. The summed E-state index contributed by atoms with van der Waals surface area (Å²) < 4.78 is 3.46. The summed E-state index contributed by atoms with van der Waals surface area (Å²) in [5.74, 6) is -0.122. The second-order valence-corrected chi connectivity index (χ2v) is 9.85. The second-order valence-electron chi connectivity index (χ2n) is 7.85. The number of nitrogens with one attached hydrogen (secondary N) is 2. The average Bonchev–Trinajstić information content (AvgIpc) is 3.45. The van der Waals surface area contributed by atoms with Gasteiger partial charge in [0.25, 0.3) is 5.56 Å². The number of hydrogen-bond donors (Lipinski definition) is 2. The smallest absolute Gasteiger partial charge is 0.327 e. The Bertz CT molecular complexity index is 1680. The van der Waals surface area contributed by atoms with E-state index in [0.29, 0.717) is 10.8 Å². The van der Waals surface area contributed by atoms with Crippen molar-refractivity contribution in [1.29, 1.82) is 0 Å². The van der Waals surface area contributed by atoms with Crippen molar-refractivity contribution < 1.29 is 4.79 Å². The van der Waals surface area contributed by atoms with Crippen LogP contribution in [0, 0.1) is 6.92 Å². The number of anilines is 1. The van der Waals surface area contributed by atoms with Crippen molar-refractivity contribution in [2.75, 3.05) is 11.1 Å². The number of carbonyl (C=O) groups excluding carboxylic acids is 1. The van der Waals surface area contributed by atoms with E-state index in [1.807, 2.05) is 30.3 Å². The van der Waals surface area contributed by atoms with Gasteiger partial charge in [-0.15, -0.1) is 11.3 Å².